The molecular formula is C28H32N2O2S. The summed E-state index contributed by atoms with van der Waals surface area (Å²) < 4.78 is 0. The molecule has 33 heavy (non-hydrogen) atoms. The van der Waals surface area contributed by atoms with Gasteiger partial charge in [0, 0.05) is 25.8 Å². The summed E-state index contributed by atoms with van der Waals surface area (Å²) in [6.45, 7) is 4.58. The number of hydrogen-bond donors (Lipinski definition) is 1. The zero-order chi connectivity index (χ0) is 23.6. The molecule has 3 rings (SSSR count). The Hall–Kier alpha value is -3.05. The second-order valence-corrected chi connectivity index (χ2v) is 9.30. The van der Waals surface area contributed by atoms with Gasteiger partial charge in [-0.25, -0.2) is 0 Å². The summed E-state index contributed by atoms with van der Waals surface area (Å²) in [5.74, 6) is 0.902. The average Bonchev–Trinajstić information content (AvgIpc) is 2.81. The van der Waals surface area contributed by atoms with Gasteiger partial charge < -0.3 is 10.2 Å². The summed E-state index contributed by atoms with van der Waals surface area (Å²) in [7, 11) is 1.63. The second kappa shape index (κ2) is 12.3. The molecule has 0 saturated carbocycles. The normalized spacial score (nSPS) is 11.6. The number of amides is 2. The van der Waals surface area contributed by atoms with E-state index in [0.717, 1.165) is 16.9 Å². The van der Waals surface area contributed by atoms with Gasteiger partial charge in [-0.15, -0.1) is 11.8 Å². The van der Waals surface area contributed by atoms with Crippen LogP contribution in [0, 0.1) is 13.8 Å². The van der Waals surface area contributed by atoms with E-state index in [1.807, 2.05) is 60.7 Å². The molecule has 0 bridgehead atoms. The van der Waals surface area contributed by atoms with Crippen molar-refractivity contribution < 1.29 is 9.59 Å². The lowest BCUT2D eigenvalue weighted by molar-refractivity contribution is -0.139. The first-order valence-electron chi connectivity index (χ1n) is 11.2. The summed E-state index contributed by atoms with van der Waals surface area (Å²) in [6.07, 6.45) is 0.473. The minimum absolute atomic E-state index is 0.0299. The Balaban J connectivity index is 1.78. The van der Waals surface area contributed by atoms with Crippen LogP contribution in [0.5, 0.6) is 0 Å². The van der Waals surface area contributed by atoms with Crippen LogP contribution >= 0.6 is 11.8 Å². The highest BCUT2D eigenvalue weighted by atomic mass is 32.2. The molecule has 2 amide bonds. The zero-order valence-electron chi connectivity index (χ0n) is 19.6. The van der Waals surface area contributed by atoms with Crippen LogP contribution in [-0.4, -0.2) is 35.6 Å². The number of nitrogens with zero attached hydrogens (tertiary/aromatic N) is 1. The molecule has 0 fully saturated rings. The van der Waals surface area contributed by atoms with Gasteiger partial charge in [-0.2, -0.15) is 0 Å². The molecule has 3 aromatic carbocycles. The van der Waals surface area contributed by atoms with Gasteiger partial charge in [0.2, 0.25) is 11.8 Å². The maximum atomic E-state index is 13.4. The van der Waals surface area contributed by atoms with Gasteiger partial charge in [-0.3, -0.25) is 9.59 Å². The van der Waals surface area contributed by atoms with Crippen LogP contribution in [0.3, 0.4) is 0 Å². The molecule has 0 aliphatic rings. The van der Waals surface area contributed by atoms with Crippen molar-refractivity contribution in [2.24, 2.45) is 0 Å². The number of hydrogen-bond acceptors (Lipinski definition) is 3. The second-order valence-electron chi connectivity index (χ2n) is 8.32. The van der Waals surface area contributed by atoms with Crippen molar-refractivity contribution in [3.05, 3.63) is 107 Å². The lowest BCUT2D eigenvalue weighted by Gasteiger charge is -2.31. The Bertz CT molecular complexity index is 1030. The summed E-state index contributed by atoms with van der Waals surface area (Å²) in [5.41, 5.74) is 5.70. The fraction of sp³-hybridized carbons (Fsp3) is 0.286. The third-order valence-corrected chi connectivity index (χ3v) is 6.48. The molecule has 1 N–H and O–H groups in total. The Morgan fingerprint density at radius 1 is 0.848 bits per heavy atom. The number of rotatable bonds is 10. The van der Waals surface area contributed by atoms with E-state index in [1.54, 1.807) is 23.7 Å². The molecule has 172 valence electrons. The van der Waals surface area contributed by atoms with Gasteiger partial charge in [0.25, 0.3) is 0 Å². The first kappa shape index (κ1) is 24.6. The van der Waals surface area contributed by atoms with E-state index in [4.69, 9.17) is 0 Å². The van der Waals surface area contributed by atoms with E-state index in [1.165, 1.54) is 16.7 Å². The number of nitrogens with one attached hydrogen (secondary N) is 1. The number of likely N-dealkylation sites (N-methyl/N-ethyl adjacent to an activating group) is 1. The molecule has 3 aromatic rings. The van der Waals surface area contributed by atoms with Crippen LogP contribution in [0.4, 0.5) is 0 Å². The summed E-state index contributed by atoms with van der Waals surface area (Å²) >= 11 is 1.59. The van der Waals surface area contributed by atoms with Gasteiger partial charge in [0.05, 0.1) is 5.75 Å². The molecule has 0 spiro atoms. The largest absolute Gasteiger partial charge is 0.357 e. The summed E-state index contributed by atoms with van der Waals surface area (Å²) in [4.78, 5) is 28.1. The maximum absolute atomic E-state index is 13.4. The molecule has 0 aromatic heterocycles. The fourth-order valence-corrected chi connectivity index (χ4v) is 4.84. The van der Waals surface area contributed by atoms with Crippen molar-refractivity contribution in [1.29, 1.82) is 0 Å². The fourth-order valence-electron chi connectivity index (χ4n) is 3.99. The Morgan fingerprint density at radius 3 is 2.00 bits per heavy atom. The molecule has 5 heteroatoms. The minimum atomic E-state index is -0.577. The van der Waals surface area contributed by atoms with E-state index in [9.17, 15) is 9.59 Å². The van der Waals surface area contributed by atoms with Gasteiger partial charge >= 0.3 is 0 Å². The van der Waals surface area contributed by atoms with E-state index in [2.05, 4.69) is 37.4 Å². The van der Waals surface area contributed by atoms with Gasteiger partial charge in [0.15, 0.2) is 0 Å². The minimum Gasteiger partial charge on any atom is -0.357 e. The van der Waals surface area contributed by atoms with Gasteiger partial charge in [0.1, 0.15) is 6.04 Å². The third-order valence-electron chi connectivity index (χ3n) is 5.49. The molecule has 0 aliphatic heterocycles. The standard InChI is InChI=1S/C28H32N2O2S/c1-21-14-22(2)16-25(15-21)19-33-20-27(31)30(18-24-12-8-5-9-13-24)26(28(32)29-3)17-23-10-6-4-7-11-23/h4-16,26H,17-20H2,1-3H3,(H,29,32)/t26-/m0/s1. The lowest BCUT2D eigenvalue weighted by atomic mass is 10.0. The average molecular weight is 461 g/mol. The van der Waals surface area contributed by atoms with Crippen LogP contribution in [0.25, 0.3) is 0 Å². The van der Waals surface area contributed by atoms with Crippen molar-refractivity contribution >= 4 is 23.6 Å². The molecular weight excluding hydrogens is 428 g/mol. The van der Waals surface area contributed by atoms with E-state index in [-0.39, 0.29) is 11.8 Å². The third kappa shape index (κ3) is 7.50. The highest BCUT2D eigenvalue weighted by molar-refractivity contribution is 7.99. The van der Waals surface area contributed by atoms with Crippen molar-refractivity contribution in [1.82, 2.24) is 10.2 Å². The Kier molecular flexibility index (Phi) is 9.14. The highest BCUT2D eigenvalue weighted by Crippen LogP contribution is 2.19. The monoisotopic (exact) mass is 460 g/mol. The first-order valence-corrected chi connectivity index (χ1v) is 12.4. The quantitative estimate of drug-likeness (QED) is 0.467. The molecule has 1 atom stereocenters. The molecule has 0 unspecified atom stereocenters. The predicted octanol–water partition coefficient (Wildman–Crippen LogP) is 4.92. The van der Waals surface area contributed by atoms with Crippen LogP contribution in [-0.2, 0) is 28.3 Å². The van der Waals surface area contributed by atoms with E-state index >= 15 is 0 Å². The molecule has 0 aliphatic carbocycles. The van der Waals surface area contributed by atoms with Crippen LogP contribution in [0.15, 0.2) is 78.9 Å². The van der Waals surface area contributed by atoms with Crippen LogP contribution < -0.4 is 5.32 Å². The number of thioether (sulfide) groups is 1. The number of aryl methyl sites for hydroxylation is 2. The topological polar surface area (TPSA) is 49.4 Å². The highest BCUT2D eigenvalue weighted by Gasteiger charge is 2.29. The summed E-state index contributed by atoms with van der Waals surface area (Å²) in [5, 5.41) is 2.76. The van der Waals surface area contributed by atoms with Gasteiger partial charge in [-0.1, -0.05) is 90.0 Å². The molecule has 0 saturated heterocycles. The lowest BCUT2D eigenvalue weighted by Crippen LogP contribution is -2.50. The molecule has 4 nitrogen and oxygen atoms in total. The van der Waals surface area contributed by atoms with Crippen molar-refractivity contribution in [2.75, 3.05) is 12.8 Å². The molecule has 0 radical (unpaired) electrons. The first-order chi connectivity index (χ1) is 16.0. The Morgan fingerprint density at radius 2 is 1.42 bits per heavy atom. The Labute approximate surface area is 201 Å². The van der Waals surface area contributed by atoms with Gasteiger partial charge in [-0.05, 0) is 30.5 Å². The van der Waals surface area contributed by atoms with Crippen molar-refractivity contribution in [3.63, 3.8) is 0 Å². The van der Waals surface area contributed by atoms with E-state index < -0.39 is 6.04 Å². The zero-order valence-corrected chi connectivity index (χ0v) is 20.4. The number of carbonyl (C=O) groups excluding carboxylic acids is 2. The van der Waals surface area contributed by atoms with Crippen LogP contribution in [0.1, 0.15) is 27.8 Å². The SMILES string of the molecule is CNC(=O)[C@H](Cc1ccccc1)N(Cc1ccccc1)C(=O)CSCc1cc(C)cc(C)c1. The number of carbonyl (C=O) groups is 2. The number of benzene rings is 3. The molecule has 0 heterocycles. The predicted molar refractivity (Wildman–Crippen MR) is 137 cm³/mol. The summed E-state index contributed by atoms with van der Waals surface area (Å²) in [6, 6.07) is 25.6. The van der Waals surface area contributed by atoms with Crippen molar-refractivity contribution in [3.8, 4) is 0 Å². The van der Waals surface area contributed by atoms with E-state index in [0.29, 0.717) is 18.7 Å². The smallest absolute Gasteiger partial charge is 0.242 e. The van der Waals surface area contributed by atoms with Crippen LogP contribution in [0.2, 0.25) is 0 Å². The maximum Gasteiger partial charge on any atom is 0.242 e. The van der Waals surface area contributed by atoms with Crippen molar-refractivity contribution in [2.45, 2.75) is 38.6 Å².